The van der Waals surface area contributed by atoms with Gasteiger partial charge in [-0.25, -0.2) is 4.79 Å². The van der Waals surface area contributed by atoms with Crippen molar-refractivity contribution in [3.63, 3.8) is 0 Å². The van der Waals surface area contributed by atoms with Crippen LogP contribution in [0.5, 0.6) is 0 Å². The Balaban J connectivity index is 2.36. The smallest absolute Gasteiger partial charge is 0.326 e. The predicted octanol–water partition coefficient (Wildman–Crippen LogP) is 2.67. The molecule has 1 N–H and O–H groups in total. The van der Waals surface area contributed by atoms with Crippen molar-refractivity contribution in [2.75, 3.05) is 6.54 Å². The Bertz CT molecular complexity index is 532. The normalized spacial score (nSPS) is 19.8. The van der Waals surface area contributed by atoms with E-state index in [-0.39, 0.29) is 5.91 Å². The number of amides is 1. The van der Waals surface area contributed by atoms with E-state index in [2.05, 4.69) is 0 Å². The zero-order valence-corrected chi connectivity index (χ0v) is 12.2. The highest BCUT2D eigenvalue weighted by molar-refractivity contribution is 5.99. The molecule has 0 bridgehead atoms. The minimum Gasteiger partial charge on any atom is -0.480 e. The molecule has 0 aliphatic carbocycles. The highest BCUT2D eigenvalue weighted by atomic mass is 16.4. The van der Waals surface area contributed by atoms with E-state index >= 15 is 0 Å². The highest BCUT2D eigenvalue weighted by Crippen LogP contribution is 2.26. The van der Waals surface area contributed by atoms with Crippen molar-refractivity contribution < 1.29 is 19.1 Å². The van der Waals surface area contributed by atoms with Crippen molar-refractivity contribution in [2.45, 2.75) is 52.5 Å². The van der Waals surface area contributed by atoms with Crippen LogP contribution in [0.2, 0.25) is 0 Å². The molecule has 1 saturated heterocycles. The van der Waals surface area contributed by atoms with Gasteiger partial charge in [-0.2, -0.15) is 0 Å². The Labute approximate surface area is 118 Å². The SMILES string of the molecule is Cc1oc(C)c(C(=O)N2CCCCCC2C(=O)O)c1C. The molecule has 0 aromatic carbocycles. The zero-order valence-electron chi connectivity index (χ0n) is 12.2. The summed E-state index contributed by atoms with van der Waals surface area (Å²) in [6, 6.07) is -0.723. The molecule has 1 aromatic heterocycles. The van der Waals surface area contributed by atoms with Crippen molar-refractivity contribution in [1.82, 2.24) is 4.90 Å². The van der Waals surface area contributed by atoms with Crippen LogP contribution in [0.4, 0.5) is 0 Å². The van der Waals surface area contributed by atoms with Gasteiger partial charge in [0, 0.05) is 12.1 Å². The highest BCUT2D eigenvalue weighted by Gasteiger charge is 2.33. The average Bonchev–Trinajstić information content (AvgIpc) is 2.60. The summed E-state index contributed by atoms with van der Waals surface area (Å²) in [5.41, 5.74) is 1.33. The van der Waals surface area contributed by atoms with Gasteiger partial charge in [-0.1, -0.05) is 12.8 Å². The molecule has 1 aromatic rings. The third-order valence-electron chi connectivity index (χ3n) is 4.07. The van der Waals surface area contributed by atoms with Crippen LogP contribution in [0.25, 0.3) is 0 Å². The van der Waals surface area contributed by atoms with Gasteiger partial charge in [-0.15, -0.1) is 0 Å². The van der Waals surface area contributed by atoms with E-state index in [9.17, 15) is 14.7 Å². The standard InChI is InChI=1S/C15H21NO4/c1-9-10(2)20-11(3)13(9)14(17)16-8-6-4-5-7-12(16)15(18)19/h12H,4-8H2,1-3H3,(H,18,19). The minimum absolute atomic E-state index is 0.217. The van der Waals surface area contributed by atoms with Crippen LogP contribution in [0.1, 0.15) is 53.1 Å². The maximum Gasteiger partial charge on any atom is 0.326 e. The molecule has 2 rings (SSSR count). The number of aliphatic carboxylic acids is 1. The number of carbonyl (C=O) groups excluding carboxylic acids is 1. The number of hydrogen-bond donors (Lipinski definition) is 1. The Morgan fingerprint density at radius 3 is 2.40 bits per heavy atom. The third kappa shape index (κ3) is 2.57. The Morgan fingerprint density at radius 1 is 1.15 bits per heavy atom. The molecule has 0 spiro atoms. The van der Waals surface area contributed by atoms with Crippen LogP contribution in [-0.4, -0.2) is 34.5 Å². The van der Waals surface area contributed by atoms with Crippen LogP contribution in [0.3, 0.4) is 0 Å². The van der Waals surface area contributed by atoms with E-state index in [4.69, 9.17) is 4.42 Å². The summed E-state index contributed by atoms with van der Waals surface area (Å²) in [5.74, 6) is 0.146. The first-order valence-electron chi connectivity index (χ1n) is 7.04. The number of likely N-dealkylation sites (tertiary alicyclic amines) is 1. The number of furan rings is 1. The van der Waals surface area contributed by atoms with Crippen molar-refractivity contribution in [1.29, 1.82) is 0 Å². The summed E-state index contributed by atoms with van der Waals surface area (Å²) in [7, 11) is 0. The first kappa shape index (κ1) is 14.6. The van der Waals surface area contributed by atoms with Crippen LogP contribution in [0, 0.1) is 20.8 Å². The third-order valence-corrected chi connectivity index (χ3v) is 4.07. The minimum atomic E-state index is -0.921. The lowest BCUT2D eigenvalue weighted by Crippen LogP contribution is -2.44. The molecule has 1 amide bonds. The summed E-state index contributed by atoms with van der Waals surface area (Å²) in [6.45, 7) is 5.91. The van der Waals surface area contributed by atoms with Gasteiger partial charge < -0.3 is 14.4 Å². The fourth-order valence-corrected chi connectivity index (χ4v) is 2.86. The Kier molecular flexibility index (Phi) is 4.16. The van der Waals surface area contributed by atoms with Gasteiger partial charge in [0.15, 0.2) is 0 Å². The lowest BCUT2D eigenvalue weighted by Gasteiger charge is -2.27. The number of carboxylic acid groups (broad SMARTS) is 1. The van der Waals surface area contributed by atoms with Crippen molar-refractivity contribution in [2.24, 2.45) is 0 Å². The second kappa shape index (κ2) is 5.69. The molecule has 110 valence electrons. The Morgan fingerprint density at radius 2 is 1.85 bits per heavy atom. The van der Waals surface area contributed by atoms with Gasteiger partial charge in [0.05, 0.1) is 5.56 Å². The maximum absolute atomic E-state index is 12.7. The molecular formula is C15H21NO4. The summed E-state index contributed by atoms with van der Waals surface area (Å²) in [6.07, 6.45) is 3.19. The van der Waals surface area contributed by atoms with E-state index in [1.165, 1.54) is 4.90 Å². The van der Waals surface area contributed by atoms with Crippen LogP contribution in [-0.2, 0) is 4.79 Å². The van der Waals surface area contributed by atoms with Crippen LogP contribution >= 0.6 is 0 Å². The Hall–Kier alpha value is -1.78. The van der Waals surface area contributed by atoms with Gasteiger partial charge in [0.2, 0.25) is 0 Å². The maximum atomic E-state index is 12.7. The summed E-state index contributed by atoms with van der Waals surface area (Å²) < 4.78 is 5.49. The summed E-state index contributed by atoms with van der Waals surface area (Å²) in [5, 5.41) is 9.36. The molecule has 0 radical (unpaired) electrons. The summed E-state index contributed by atoms with van der Waals surface area (Å²) >= 11 is 0. The molecule has 1 fully saturated rings. The molecule has 1 unspecified atom stereocenters. The zero-order chi connectivity index (χ0) is 14.9. The van der Waals surface area contributed by atoms with Gasteiger partial charge in [0.1, 0.15) is 17.6 Å². The van der Waals surface area contributed by atoms with E-state index < -0.39 is 12.0 Å². The number of hydrogen-bond acceptors (Lipinski definition) is 3. The molecule has 2 heterocycles. The summed E-state index contributed by atoms with van der Waals surface area (Å²) in [4.78, 5) is 25.6. The quantitative estimate of drug-likeness (QED) is 0.903. The molecule has 1 aliphatic rings. The van der Waals surface area contributed by atoms with Crippen molar-refractivity contribution in [3.05, 3.63) is 22.6 Å². The number of carbonyl (C=O) groups is 2. The first-order chi connectivity index (χ1) is 9.43. The fourth-order valence-electron chi connectivity index (χ4n) is 2.86. The fraction of sp³-hybridized carbons (Fsp3) is 0.600. The van der Waals surface area contributed by atoms with Crippen LogP contribution in [0.15, 0.2) is 4.42 Å². The van der Waals surface area contributed by atoms with E-state index in [1.807, 2.05) is 13.8 Å². The molecular weight excluding hydrogens is 258 g/mol. The molecule has 5 heteroatoms. The van der Waals surface area contributed by atoms with Crippen molar-refractivity contribution in [3.8, 4) is 0 Å². The van der Waals surface area contributed by atoms with Crippen molar-refractivity contribution >= 4 is 11.9 Å². The average molecular weight is 279 g/mol. The largest absolute Gasteiger partial charge is 0.480 e. The second-order valence-electron chi connectivity index (χ2n) is 5.42. The van der Waals surface area contributed by atoms with Gasteiger partial charge in [0.25, 0.3) is 5.91 Å². The van der Waals surface area contributed by atoms with E-state index in [0.717, 1.165) is 24.8 Å². The molecule has 5 nitrogen and oxygen atoms in total. The lowest BCUT2D eigenvalue weighted by atomic mass is 10.1. The number of carboxylic acids is 1. The van der Waals surface area contributed by atoms with E-state index in [1.54, 1.807) is 6.92 Å². The molecule has 1 atom stereocenters. The van der Waals surface area contributed by atoms with Gasteiger partial charge in [-0.3, -0.25) is 4.79 Å². The number of nitrogens with zero attached hydrogens (tertiary/aromatic N) is 1. The first-order valence-corrected chi connectivity index (χ1v) is 7.04. The van der Waals surface area contributed by atoms with Crippen LogP contribution < -0.4 is 0 Å². The van der Waals surface area contributed by atoms with Gasteiger partial charge in [-0.05, 0) is 33.6 Å². The molecule has 1 aliphatic heterocycles. The molecule has 20 heavy (non-hydrogen) atoms. The van der Waals surface area contributed by atoms with Gasteiger partial charge >= 0.3 is 5.97 Å². The molecule has 0 saturated carbocycles. The topological polar surface area (TPSA) is 70.8 Å². The number of aryl methyl sites for hydroxylation is 2. The number of rotatable bonds is 2. The monoisotopic (exact) mass is 279 g/mol. The lowest BCUT2D eigenvalue weighted by molar-refractivity contribution is -0.142. The predicted molar refractivity (Wildman–Crippen MR) is 73.8 cm³/mol. The second-order valence-corrected chi connectivity index (χ2v) is 5.42. The van der Waals surface area contributed by atoms with E-state index in [0.29, 0.717) is 30.0 Å².